The van der Waals surface area contributed by atoms with E-state index in [4.69, 9.17) is 9.26 Å². The highest BCUT2D eigenvalue weighted by molar-refractivity contribution is 7.13. The lowest BCUT2D eigenvalue weighted by atomic mass is 10.4. The van der Waals surface area contributed by atoms with Gasteiger partial charge in [0.25, 0.3) is 5.89 Å². The van der Waals surface area contributed by atoms with Crippen LogP contribution in [-0.2, 0) is 16.1 Å². The van der Waals surface area contributed by atoms with E-state index < -0.39 is 5.97 Å². The van der Waals surface area contributed by atoms with E-state index in [9.17, 15) is 4.79 Å². The minimum atomic E-state index is -0.434. The molecule has 3 rings (SSSR count). The van der Waals surface area contributed by atoms with Crippen molar-refractivity contribution in [3.8, 4) is 10.7 Å². The SMILES string of the molecule is CN(CC(=O)OCc1nc(-c2cccs2)no1)c1ncccn1. The van der Waals surface area contributed by atoms with E-state index in [1.807, 2.05) is 17.5 Å². The average Bonchev–Trinajstić information content (AvgIpc) is 3.25. The number of nitrogens with zero attached hydrogens (tertiary/aromatic N) is 5. The Hall–Kier alpha value is -2.81. The van der Waals surface area contributed by atoms with Gasteiger partial charge in [0.1, 0.15) is 6.54 Å². The summed E-state index contributed by atoms with van der Waals surface area (Å²) >= 11 is 1.51. The fourth-order valence-corrected chi connectivity index (χ4v) is 2.41. The number of esters is 1. The van der Waals surface area contributed by atoms with Crippen molar-refractivity contribution in [2.45, 2.75) is 6.61 Å². The zero-order chi connectivity index (χ0) is 16.1. The summed E-state index contributed by atoms with van der Waals surface area (Å²) < 4.78 is 10.2. The molecule has 0 aliphatic heterocycles. The first-order chi connectivity index (χ1) is 11.2. The van der Waals surface area contributed by atoms with Crippen molar-refractivity contribution in [3.05, 3.63) is 41.9 Å². The zero-order valence-electron chi connectivity index (χ0n) is 12.2. The summed E-state index contributed by atoms with van der Waals surface area (Å²) in [6, 6.07) is 5.49. The Bertz CT molecular complexity index is 760. The summed E-state index contributed by atoms with van der Waals surface area (Å²) in [6.07, 6.45) is 3.21. The van der Waals surface area contributed by atoms with Crippen LogP contribution in [0.5, 0.6) is 0 Å². The second-order valence-electron chi connectivity index (χ2n) is 4.55. The lowest BCUT2D eigenvalue weighted by molar-refractivity contribution is -0.144. The van der Waals surface area contributed by atoms with Gasteiger partial charge in [-0.2, -0.15) is 4.98 Å². The van der Waals surface area contributed by atoms with Crippen molar-refractivity contribution in [3.63, 3.8) is 0 Å². The Balaban J connectivity index is 1.51. The Labute approximate surface area is 135 Å². The summed E-state index contributed by atoms with van der Waals surface area (Å²) in [6.45, 7) is -0.0450. The fraction of sp³-hybridized carbons (Fsp3) is 0.214. The van der Waals surface area contributed by atoms with Crippen molar-refractivity contribution in [1.82, 2.24) is 20.1 Å². The molecule has 0 fully saturated rings. The molecule has 0 aliphatic rings. The first-order valence-corrected chi connectivity index (χ1v) is 7.60. The molecule has 0 unspecified atom stereocenters. The van der Waals surface area contributed by atoms with Crippen LogP contribution >= 0.6 is 11.3 Å². The van der Waals surface area contributed by atoms with E-state index in [0.29, 0.717) is 11.8 Å². The topological polar surface area (TPSA) is 94.2 Å². The van der Waals surface area contributed by atoms with Crippen LogP contribution < -0.4 is 4.90 Å². The van der Waals surface area contributed by atoms with Gasteiger partial charge in [-0.1, -0.05) is 11.2 Å². The van der Waals surface area contributed by atoms with Gasteiger partial charge in [0.2, 0.25) is 11.8 Å². The lowest BCUT2D eigenvalue weighted by Gasteiger charge is -2.14. The molecule has 3 aromatic heterocycles. The third kappa shape index (κ3) is 3.89. The van der Waals surface area contributed by atoms with Crippen LogP contribution in [0.3, 0.4) is 0 Å². The summed E-state index contributed by atoms with van der Waals surface area (Å²) in [5.41, 5.74) is 0. The molecular weight excluding hydrogens is 318 g/mol. The van der Waals surface area contributed by atoms with E-state index in [2.05, 4.69) is 20.1 Å². The molecule has 0 atom stereocenters. The highest BCUT2D eigenvalue weighted by atomic mass is 32.1. The third-order valence-corrected chi connectivity index (χ3v) is 3.69. The first-order valence-electron chi connectivity index (χ1n) is 6.72. The maximum Gasteiger partial charge on any atom is 0.326 e. The normalized spacial score (nSPS) is 10.5. The molecule has 23 heavy (non-hydrogen) atoms. The van der Waals surface area contributed by atoms with Gasteiger partial charge in [-0.3, -0.25) is 4.79 Å². The van der Waals surface area contributed by atoms with Crippen molar-refractivity contribution in [2.75, 3.05) is 18.5 Å². The molecule has 0 bridgehead atoms. The Morgan fingerprint density at radius 1 is 1.35 bits per heavy atom. The molecule has 3 aromatic rings. The van der Waals surface area contributed by atoms with Crippen LogP contribution in [0.4, 0.5) is 5.95 Å². The van der Waals surface area contributed by atoms with Crippen molar-refractivity contribution in [1.29, 1.82) is 0 Å². The Kier molecular flexibility index (Phi) is 4.57. The van der Waals surface area contributed by atoms with Gasteiger partial charge in [-0.05, 0) is 17.5 Å². The van der Waals surface area contributed by atoms with Gasteiger partial charge in [0.15, 0.2) is 6.61 Å². The summed E-state index contributed by atoms with van der Waals surface area (Å²) in [5, 5.41) is 5.77. The molecule has 118 valence electrons. The smallest absolute Gasteiger partial charge is 0.326 e. The van der Waals surface area contributed by atoms with Crippen LogP contribution in [0.15, 0.2) is 40.5 Å². The number of hydrogen-bond acceptors (Lipinski definition) is 9. The average molecular weight is 331 g/mol. The highest BCUT2D eigenvalue weighted by Crippen LogP contribution is 2.21. The summed E-state index contributed by atoms with van der Waals surface area (Å²) in [7, 11) is 1.71. The molecule has 0 spiro atoms. The fourth-order valence-electron chi connectivity index (χ4n) is 1.76. The van der Waals surface area contributed by atoms with Gasteiger partial charge in [-0.15, -0.1) is 11.3 Å². The van der Waals surface area contributed by atoms with Crippen molar-refractivity contribution >= 4 is 23.3 Å². The number of ether oxygens (including phenoxy) is 1. The number of carbonyl (C=O) groups excluding carboxylic acids is 1. The molecular formula is C14H13N5O3S. The quantitative estimate of drug-likeness (QED) is 0.631. The largest absolute Gasteiger partial charge is 0.454 e. The molecule has 0 aliphatic carbocycles. The van der Waals surface area contributed by atoms with Gasteiger partial charge in [0.05, 0.1) is 4.88 Å². The minimum Gasteiger partial charge on any atom is -0.454 e. The zero-order valence-corrected chi connectivity index (χ0v) is 13.1. The predicted molar refractivity (Wildman–Crippen MR) is 82.7 cm³/mol. The van der Waals surface area contributed by atoms with Crippen LogP contribution in [-0.4, -0.2) is 39.7 Å². The lowest BCUT2D eigenvalue weighted by Crippen LogP contribution is -2.28. The highest BCUT2D eigenvalue weighted by Gasteiger charge is 2.14. The monoisotopic (exact) mass is 331 g/mol. The van der Waals surface area contributed by atoms with Gasteiger partial charge in [-0.25, -0.2) is 9.97 Å². The van der Waals surface area contributed by atoms with Crippen molar-refractivity contribution in [2.24, 2.45) is 0 Å². The standard InChI is InChI=1S/C14H13N5O3S/c1-19(14-15-5-3-6-16-14)8-12(20)21-9-11-17-13(18-22-11)10-4-2-7-23-10/h2-7H,8-9H2,1H3. The predicted octanol–water partition coefficient (Wildman–Crippen LogP) is 1.77. The number of thiophene rings is 1. The number of carbonyl (C=O) groups is 1. The molecule has 0 N–H and O–H groups in total. The van der Waals surface area contributed by atoms with E-state index in [-0.39, 0.29) is 19.0 Å². The number of likely N-dealkylation sites (N-methyl/N-ethyl adjacent to an activating group) is 1. The van der Waals surface area contributed by atoms with Crippen LogP contribution in [0.1, 0.15) is 5.89 Å². The Morgan fingerprint density at radius 3 is 2.91 bits per heavy atom. The van der Waals surface area contributed by atoms with Gasteiger partial charge < -0.3 is 14.2 Å². The summed E-state index contributed by atoms with van der Waals surface area (Å²) in [5.74, 6) is 0.749. The number of aromatic nitrogens is 4. The molecule has 0 radical (unpaired) electrons. The molecule has 0 amide bonds. The minimum absolute atomic E-state index is 0.0237. The maximum atomic E-state index is 11.8. The molecule has 3 heterocycles. The molecule has 8 nitrogen and oxygen atoms in total. The van der Waals surface area contributed by atoms with Gasteiger partial charge in [0, 0.05) is 19.4 Å². The third-order valence-electron chi connectivity index (χ3n) is 2.83. The van der Waals surface area contributed by atoms with Crippen molar-refractivity contribution < 1.29 is 14.1 Å². The number of rotatable bonds is 6. The molecule has 0 saturated heterocycles. The van der Waals surface area contributed by atoms with Gasteiger partial charge >= 0.3 is 5.97 Å². The van der Waals surface area contributed by atoms with E-state index in [0.717, 1.165) is 4.88 Å². The second-order valence-corrected chi connectivity index (χ2v) is 5.50. The number of anilines is 1. The first kappa shape index (κ1) is 15.1. The Morgan fingerprint density at radius 2 is 2.17 bits per heavy atom. The summed E-state index contributed by atoms with van der Waals surface area (Å²) in [4.78, 5) is 26.6. The maximum absolute atomic E-state index is 11.8. The van der Waals surface area contributed by atoms with Crippen LogP contribution in [0.2, 0.25) is 0 Å². The van der Waals surface area contributed by atoms with E-state index >= 15 is 0 Å². The van der Waals surface area contributed by atoms with Crippen LogP contribution in [0, 0.1) is 0 Å². The molecule has 0 aromatic carbocycles. The molecule has 9 heteroatoms. The second kappa shape index (κ2) is 6.97. The van der Waals surface area contributed by atoms with E-state index in [1.165, 1.54) is 11.3 Å². The van der Waals surface area contributed by atoms with E-state index in [1.54, 1.807) is 30.4 Å². The number of hydrogen-bond donors (Lipinski definition) is 0. The van der Waals surface area contributed by atoms with Crippen LogP contribution in [0.25, 0.3) is 10.7 Å². The molecule has 0 saturated carbocycles.